The monoisotopic (exact) mass is 308 g/mol. The Hall–Kier alpha value is -0.940. The number of carbonyl (C=O) groups is 2. The van der Waals surface area contributed by atoms with E-state index >= 15 is 0 Å². The molecule has 0 bridgehead atoms. The van der Waals surface area contributed by atoms with Crippen LogP contribution in [-0.4, -0.2) is 17.0 Å². The molecule has 1 saturated carbocycles. The van der Waals surface area contributed by atoms with Gasteiger partial charge in [0.1, 0.15) is 6.29 Å². The van der Waals surface area contributed by atoms with Crippen molar-refractivity contribution in [3.05, 3.63) is 24.3 Å². The van der Waals surface area contributed by atoms with Crippen LogP contribution < -0.4 is 0 Å². The lowest BCUT2D eigenvalue weighted by Gasteiger charge is -2.24. The zero-order chi connectivity index (χ0) is 13.9. The highest BCUT2D eigenvalue weighted by molar-refractivity contribution is 8.19. The first-order chi connectivity index (χ1) is 9.76. The molecule has 0 spiro atoms. The lowest BCUT2D eigenvalue weighted by molar-refractivity contribution is -0.149. The van der Waals surface area contributed by atoms with Gasteiger partial charge in [-0.25, -0.2) is 0 Å². The van der Waals surface area contributed by atoms with Crippen molar-refractivity contribution in [2.75, 3.05) is 0 Å². The molecule has 0 aromatic heterocycles. The Kier molecular flexibility index (Phi) is 4.36. The molecule has 1 heterocycles. The van der Waals surface area contributed by atoms with Gasteiger partial charge in [-0.1, -0.05) is 35.7 Å². The Morgan fingerprint density at radius 3 is 2.25 bits per heavy atom. The summed E-state index contributed by atoms with van der Waals surface area (Å²) in [6, 6.07) is 8.10. The van der Waals surface area contributed by atoms with Crippen molar-refractivity contribution in [2.45, 2.75) is 40.2 Å². The van der Waals surface area contributed by atoms with Crippen LogP contribution in [-0.2, 0) is 14.3 Å². The summed E-state index contributed by atoms with van der Waals surface area (Å²) in [6.45, 7) is 0. The molecule has 0 radical (unpaired) electrons. The number of aldehydes is 1. The maximum atomic E-state index is 12.2. The number of thioether (sulfide) groups is 2. The topological polar surface area (TPSA) is 43.4 Å². The van der Waals surface area contributed by atoms with E-state index in [0.29, 0.717) is 0 Å². The average molecular weight is 308 g/mol. The SMILES string of the molecule is O=C[C@H]1CC[C@H](C(=O)OC2Sc3ccccc3S2)CC1. The first kappa shape index (κ1) is 14.0. The Morgan fingerprint density at radius 1 is 1.10 bits per heavy atom. The maximum Gasteiger partial charge on any atom is 0.310 e. The highest BCUT2D eigenvalue weighted by Crippen LogP contribution is 2.48. The van der Waals surface area contributed by atoms with Crippen LogP contribution in [0.25, 0.3) is 0 Å². The van der Waals surface area contributed by atoms with Gasteiger partial charge in [-0.05, 0) is 37.8 Å². The second kappa shape index (κ2) is 6.22. The Morgan fingerprint density at radius 2 is 1.70 bits per heavy atom. The van der Waals surface area contributed by atoms with Crippen LogP contribution in [0.5, 0.6) is 0 Å². The second-order valence-corrected chi connectivity index (χ2v) is 7.66. The third-order valence-corrected chi connectivity index (χ3v) is 6.31. The third-order valence-electron chi connectivity index (χ3n) is 3.81. The molecular formula is C15H16O3S2. The molecule has 3 rings (SSSR count). The summed E-state index contributed by atoms with van der Waals surface area (Å²) >= 11 is 3.19. The minimum Gasteiger partial charge on any atom is -0.440 e. The van der Waals surface area contributed by atoms with Crippen LogP contribution in [0.2, 0.25) is 0 Å². The molecular weight excluding hydrogens is 292 g/mol. The predicted octanol–water partition coefficient (Wildman–Crippen LogP) is 3.72. The van der Waals surface area contributed by atoms with E-state index in [9.17, 15) is 9.59 Å². The zero-order valence-electron chi connectivity index (χ0n) is 11.0. The number of hydrogen-bond acceptors (Lipinski definition) is 5. The quantitative estimate of drug-likeness (QED) is 0.629. The number of hydrogen-bond donors (Lipinski definition) is 0. The van der Waals surface area contributed by atoms with Gasteiger partial charge >= 0.3 is 5.97 Å². The number of rotatable bonds is 3. The van der Waals surface area contributed by atoms with Crippen LogP contribution in [0.4, 0.5) is 0 Å². The van der Waals surface area contributed by atoms with Gasteiger partial charge in [-0.2, -0.15) is 0 Å². The Labute approximate surface area is 126 Å². The van der Waals surface area contributed by atoms with E-state index in [0.717, 1.165) is 32.0 Å². The summed E-state index contributed by atoms with van der Waals surface area (Å²) < 4.78 is 5.44. The largest absolute Gasteiger partial charge is 0.440 e. The lowest BCUT2D eigenvalue weighted by Crippen LogP contribution is -2.25. The fraction of sp³-hybridized carbons (Fsp3) is 0.467. The fourth-order valence-corrected chi connectivity index (χ4v) is 5.09. The van der Waals surface area contributed by atoms with Crippen molar-refractivity contribution in [3.8, 4) is 0 Å². The summed E-state index contributed by atoms with van der Waals surface area (Å²) in [5, 5.41) is 0. The minimum absolute atomic E-state index is 0.0314. The average Bonchev–Trinajstić information content (AvgIpc) is 2.89. The van der Waals surface area contributed by atoms with Crippen LogP contribution in [0, 0.1) is 11.8 Å². The molecule has 0 amide bonds. The normalized spacial score (nSPS) is 26.0. The van der Waals surface area contributed by atoms with Crippen LogP contribution >= 0.6 is 23.5 Å². The van der Waals surface area contributed by atoms with Crippen molar-refractivity contribution in [1.29, 1.82) is 0 Å². The molecule has 3 nitrogen and oxygen atoms in total. The molecule has 1 fully saturated rings. The van der Waals surface area contributed by atoms with Crippen molar-refractivity contribution in [2.24, 2.45) is 11.8 Å². The van der Waals surface area contributed by atoms with Crippen molar-refractivity contribution in [3.63, 3.8) is 0 Å². The molecule has 0 N–H and O–H groups in total. The van der Waals surface area contributed by atoms with Gasteiger partial charge in [0.15, 0.2) is 0 Å². The third kappa shape index (κ3) is 3.04. The summed E-state index contributed by atoms with van der Waals surface area (Å²) in [5.74, 6) is 0.00167. The smallest absolute Gasteiger partial charge is 0.310 e. The molecule has 1 aliphatic heterocycles. The van der Waals surface area contributed by atoms with E-state index in [1.165, 1.54) is 9.79 Å². The van der Waals surface area contributed by atoms with E-state index in [1.54, 1.807) is 23.5 Å². The number of esters is 1. The fourth-order valence-electron chi connectivity index (χ4n) is 2.61. The Bertz CT molecular complexity index is 485. The molecule has 0 saturated heterocycles. The van der Waals surface area contributed by atoms with Gasteiger partial charge in [0.05, 0.1) is 5.92 Å². The molecule has 1 aliphatic carbocycles. The number of fused-ring (bicyclic) bond motifs is 1. The van der Waals surface area contributed by atoms with E-state index in [4.69, 9.17) is 4.74 Å². The first-order valence-corrected chi connectivity index (χ1v) is 8.60. The summed E-state index contributed by atoms with van der Waals surface area (Å²) in [6.07, 6.45) is 4.19. The number of carbonyl (C=O) groups excluding carboxylic acids is 2. The van der Waals surface area contributed by atoms with Gasteiger partial charge in [0, 0.05) is 15.7 Å². The van der Waals surface area contributed by atoms with E-state index in [-0.39, 0.29) is 22.6 Å². The summed E-state index contributed by atoms with van der Waals surface area (Å²) in [4.78, 5) is 25.2. The number of benzene rings is 1. The molecule has 20 heavy (non-hydrogen) atoms. The first-order valence-electron chi connectivity index (χ1n) is 6.84. The molecule has 106 valence electrons. The molecule has 1 aromatic rings. The Balaban J connectivity index is 1.52. The van der Waals surface area contributed by atoms with Crippen LogP contribution in [0.1, 0.15) is 25.7 Å². The molecule has 0 atom stereocenters. The standard InChI is InChI=1S/C15H16O3S2/c16-9-10-5-7-11(8-6-10)14(17)18-15-19-12-3-1-2-4-13(12)20-15/h1-4,9-11,15H,5-8H2/t10-,11-. The molecule has 1 aromatic carbocycles. The van der Waals surface area contributed by atoms with Gasteiger partial charge in [0.2, 0.25) is 4.77 Å². The lowest BCUT2D eigenvalue weighted by atomic mass is 9.83. The van der Waals surface area contributed by atoms with Crippen LogP contribution in [0.3, 0.4) is 0 Å². The highest BCUT2D eigenvalue weighted by atomic mass is 32.2. The van der Waals surface area contributed by atoms with Crippen molar-refractivity contribution in [1.82, 2.24) is 0 Å². The maximum absolute atomic E-state index is 12.2. The van der Waals surface area contributed by atoms with E-state index in [1.807, 2.05) is 12.1 Å². The van der Waals surface area contributed by atoms with E-state index in [2.05, 4.69) is 12.1 Å². The highest BCUT2D eigenvalue weighted by Gasteiger charge is 2.31. The molecule has 0 unspecified atom stereocenters. The zero-order valence-corrected chi connectivity index (χ0v) is 12.6. The second-order valence-electron chi connectivity index (χ2n) is 5.16. The molecule has 5 heteroatoms. The van der Waals surface area contributed by atoms with Gasteiger partial charge in [0.25, 0.3) is 0 Å². The minimum atomic E-state index is -0.163. The van der Waals surface area contributed by atoms with Crippen LogP contribution in [0.15, 0.2) is 34.1 Å². The van der Waals surface area contributed by atoms with Gasteiger partial charge in [-0.3, -0.25) is 4.79 Å². The summed E-state index contributed by atoms with van der Waals surface area (Å²) in [5.41, 5.74) is 0. The van der Waals surface area contributed by atoms with E-state index < -0.39 is 0 Å². The summed E-state index contributed by atoms with van der Waals surface area (Å²) in [7, 11) is 0. The number of ether oxygens (including phenoxy) is 1. The predicted molar refractivity (Wildman–Crippen MR) is 79.5 cm³/mol. The van der Waals surface area contributed by atoms with Crippen molar-refractivity contribution < 1.29 is 14.3 Å². The van der Waals surface area contributed by atoms with Gasteiger partial charge < -0.3 is 9.53 Å². The van der Waals surface area contributed by atoms with Crippen molar-refractivity contribution >= 4 is 35.8 Å². The molecule has 2 aliphatic rings. The van der Waals surface area contributed by atoms with Gasteiger partial charge in [-0.15, -0.1) is 0 Å².